The lowest BCUT2D eigenvalue weighted by Crippen LogP contribution is -2.19. The number of carbonyl (C=O) groups is 1. The van der Waals surface area contributed by atoms with Crippen LogP contribution in [-0.4, -0.2) is 12.6 Å². The number of fused-ring (bicyclic) bond motifs is 1. The van der Waals surface area contributed by atoms with Crippen LogP contribution in [0.3, 0.4) is 0 Å². The summed E-state index contributed by atoms with van der Waals surface area (Å²) in [6.45, 7) is 2.27. The van der Waals surface area contributed by atoms with Gasteiger partial charge in [0, 0.05) is 29.4 Å². The molecule has 0 unspecified atom stereocenters. The standard InChI is InChI=1S/C15H17NO3/c1-10-3-2-4-11(15(10)17)8-16-12-5-6-13-14(7-12)19-9-18-13/h5-8,10,16H,2-4,9H2,1H3/t10-/m0/s1. The molecular weight excluding hydrogens is 242 g/mol. The van der Waals surface area contributed by atoms with Gasteiger partial charge in [-0.1, -0.05) is 6.92 Å². The Morgan fingerprint density at radius 3 is 3.05 bits per heavy atom. The van der Waals surface area contributed by atoms with Gasteiger partial charge in [-0.25, -0.2) is 0 Å². The highest BCUT2D eigenvalue weighted by molar-refractivity contribution is 5.97. The third-order valence-electron chi connectivity index (χ3n) is 3.63. The first-order valence-corrected chi connectivity index (χ1v) is 6.63. The van der Waals surface area contributed by atoms with Gasteiger partial charge in [0.25, 0.3) is 0 Å². The van der Waals surface area contributed by atoms with Gasteiger partial charge in [-0.05, 0) is 31.4 Å². The largest absolute Gasteiger partial charge is 0.454 e. The zero-order chi connectivity index (χ0) is 13.2. The highest BCUT2D eigenvalue weighted by Gasteiger charge is 2.22. The first-order valence-electron chi connectivity index (χ1n) is 6.63. The van der Waals surface area contributed by atoms with E-state index in [-0.39, 0.29) is 18.5 Å². The Bertz CT molecular complexity index is 536. The number of allylic oxidation sites excluding steroid dienone is 1. The number of carbonyl (C=O) groups excluding carboxylic acids is 1. The lowest BCUT2D eigenvalue weighted by molar-refractivity contribution is -0.119. The normalized spacial score (nSPS) is 23.7. The maximum atomic E-state index is 12.0. The van der Waals surface area contributed by atoms with Crippen molar-refractivity contribution in [3.05, 3.63) is 30.0 Å². The molecule has 1 aromatic rings. The average molecular weight is 259 g/mol. The summed E-state index contributed by atoms with van der Waals surface area (Å²) in [5.41, 5.74) is 1.79. The fraction of sp³-hybridized carbons (Fsp3) is 0.400. The van der Waals surface area contributed by atoms with E-state index >= 15 is 0 Å². The third kappa shape index (κ3) is 2.43. The molecule has 1 aliphatic carbocycles. The maximum Gasteiger partial charge on any atom is 0.231 e. The smallest absolute Gasteiger partial charge is 0.231 e. The number of hydrogen-bond donors (Lipinski definition) is 1. The van der Waals surface area contributed by atoms with Gasteiger partial charge in [-0.15, -0.1) is 0 Å². The van der Waals surface area contributed by atoms with E-state index in [0.29, 0.717) is 0 Å². The van der Waals surface area contributed by atoms with Gasteiger partial charge in [0.05, 0.1) is 0 Å². The van der Waals surface area contributed by atoms with Gasteiger partial charge in [-0.2, -0.15) is 0 Å². The summed E-state index contributed by atoms with van der Waals surface area (Å²) in [7, 11) is 0. The Labute approximate surface area is 112 Å². The molecule has 0 aromatic heterocycles. The number of hydrogen-bond acceptors (Lipinski definition) is 4. The van der Waals surface area contributed by atoms with Gasteiger partial charge < -0.3 is 14.8 Å². The summed E-state index contributed by atoms with van der Waals surface area (Å²) in [5, 5.41) is 3.18. The molecule has 4 nitrogen and oxygen atoms in total. The Balaban J connectivity index is 1.73. The lowest BCUT2D eigenvalue weighted by atomic mass is 9.86. The molecule has 1 N–H and O–H groups in total. The predicted octanol–water partition coefficient (Wildman–Crippen LogP) is 3.10. The van der Waals surface area contributed by atoms with Crippen molar-refractivity contribution in [2.24, 2.45) is 5.92 Å². The molecule has 0 saturated heterocycles. The van der Waals surface area contributed by atoms with E-state index in [2.05, 4.69) is 5.32 Å². The first-order chi connectivity index (χ1) is 9.24. The van der Waals surface area contributed by atoms with Crippen molar-refractivity contribution in [1.82, 2.24) is 0 Å². The molecular formula is C15H17NO3. The highest BCUT2D eigenvalue weighted by Crippen LogP contribution is 2.34. The van der Waals surface area contributed by atoms with Gasteiger partial charge in [0.15, 0.2) is 17.3 Å². The number of ether oxygens (including phenoxy) is 2. The Kier molecular flexibility index (Phi) is 3.15. The van der Waals surface area contributed by atoms with Crippen LogP contribution in [-0.2, 0) is 4.79 Å². The van der Waals surface area contributed by atoms with Gasteiger partial charge in [-0.3, -0.25) is 4.79 Å². The van der Waals surface area contributed by atoms with Gasteiger partial charge in [0.2, 0.25) is 6.79 Å². The third-order valence-corrected chi connectivity index (χ3v) is 3.63. The van der Waals surface area contributed by atoms with E-state index in [9.17, 15) is 4.79 Å². The predicted molar refractivity (Wildman–Crippen MR) is 72.3 cm³/mol. The van der Waals surface area contributed by atoms with E-state index < -0.39 is 0 Å². The average Bonchev–Trinajstić information content (AvgIpc) is 2.88. The molecule has 1 heterocycles. The molecule has 0 bridgehead atoms. The van der Waals surface area contributed by atoms with Crippen molar-refractivity contribution >= 4 is 11.5 Å². The van der Waals surface area contributed by atoms with Gasteiger partial charge in [0.1, 0.15) is 0 Å². The summed E-state index contributed by atoms with van der Waals surface area (Å²) < 4.78 is 10.6. The van der Waals surface area contributed by atoms with Crippen LogP contribution in [0.4, 0.5) is 5.69 Å². The van der Waals surface area contributed by atoms with Crippen molar-refractivity contribution in [3.63, 3.8) is 0 Å². The monoisotopic (exact) mass is 259 g/mol. The van der Waals surface area contributed by atoms with Crippen LogP contribution in [0.25, 0.3) is 0 Å². The molecule has 3 rings (SSSR count). The summed E-state index contributed by atoms with van der Waals surface area (Å²) in [6, 6.07) is 5.67. The van der Waals surface area contributed by atoms with Crippen LogP contribution >= 0.6 is 0 Å². The summed E-state index contributed by atoms with van der Waals surface area (Å²) in [6.07, 6.45) is 4.78. The van der Waals surface area contributed by atoms with Gasteiger partial charge >= 0.3 is 0 Å². The Morgan fingerprint density at radius 2 is 2.16 bits per heavy atom. The molecule has 1 fully saturated rings. The summed E-state index contributed by atoms with van der Waals surface area (Å²) in [5.74, 6) is 1.92. The minimum atomic E-state index is 0.151. The molecule has 0 amide bonds. The van der Waals surface area contributed by atoms with E-state index in [1.54, 1.807) is 0 Å². The van der Waals surface area contributed by atoms with Crippen molar-refractivity contribution in [1.29, 1.82) is 0 Å². The molecule has 1 saturated carbocycles. The second kappa shape index (κ2) is 4.96. The molecule has 4 heteroatoms. The summed E-state index contributed by atoms with van der Waals surface area (Å²) >= 11 is 0. The van der Waals surface area contributed by atoms with Crippen molar-refractivity contribution in [3.8, 4) is 11.5 Å². The zero-order valence-electron chi connectivity index (χ0n) is 10.9. The fourth-order valence-corrected chi connectivity index (χ4v) is 2.47. The number of rotatable bonds is 2. The topological polar surface area (TPSA) is 47.6 Å². The summed E-state index contributed by atoms with van der Waals surface area (Å²) in [4.78, 5) is 12.0. The van der Waals surface area contributed by atoms with Crippen LogP contribution < -0.4 is 14.8 Å². The number of ketones is 1. The number of anilines is 1. The van der Waals surface area contributed by atoms with E-state index in [1.807, 2.05) is 31.3 Å². The van der Waals surface area contributed by atoms with E-state index in [4.69, 9.17) is 9.47 Å². The molecule has 19 heavy (non-hydrogen) atoms. The van der Waals surface area contributed by atoms with E-state index in [0.717, 1.165) is 42.0 Å². The Morgan fingerprint density at radius 1 is 1.32 bits per heavy atom. The maximum absolute atomic E-state index is 12.0. The number of Topliss-reactive ketones (excluding diaryl/α,β-unsaturated/α-hetero) is 1. The fourth-order valence-electron chi connectivity index (χ4n) is 2.47. The van der Waals surface area contributed by atoms with E-state index in [1.165, 1.54) is 0 Å². The Hall–Kier alpha value is -1.97. The first kappa shape index (κ1) is 12.1. The van der Waals surface area contributed by atoms with Crippen LogP contribution in [0, 0.1) is 5.92 Å². The molecule has 100 valence electrons. The second-order valence-corrected chi connectivity index (χ2v) is 5.04. The number of nitrogens with one attached hydrogen (secondary N) is 1. The van der Waals surface area contributed by atoms with Crippen LogP contribution in [0.5, 0.6) is 11.5 Å². The van der Waals surface area contributed by atoms with Crippen LogP contribution in [0.2, 0.25) is 0 Å². The second-order valence-electron chi connectivity index (χ2n) is 5.04. The van der Waals surface area contributed by atoms with Crippen molar-refractivity contribution in [2.45, 2.75) is 26.2 Å². The number of benzene rings is 1. The minimum Gasteiger partial charge on any atom is -0.454 e. The SMILES string of the molecule is C[C@H]1CCCC(=CNc2ccc3c(c2)OCO3)C1=O. The minimum absolute atomic E-state index is 0.151. The van der Waals surface area contributed by atoms with Crippen LogP contribution in [0.15, 0.2) is 30.0 Å². The van der Waals surface area contributed by atoms with Crippen molar-refractivity contribution < 1.29 is 14.3 Å². The highest BCUT2D eigenvalue weighted by atomic mass is 16.7. The van der Waals surface area contributed by atoms with Crippen LogP contribution in [0.1, 0.15) is 26.2 Å². The molecule has 1 aliphatic heterocycles. The molecule has 1 atom stereocenters. The molecule has 0 radical (unpaired) electrons. The van der Waals surface area contributed by atoms with Crippen molar-refractivity contribution in [2.75, 3.05) is 12.1 Å². The molecule has 0 spiro atoms. The molecule has 1 aromatic carbocycles. The lowest BCUT2D eigenvalue weighted by Gasteiger charge is -2.19. The quantitative estimate of drug-likeness (QED) is 0.829. The zero-order valence-corrected chi connectivity index (χ0v) is 10.9. The molecule has 2 aliphatic rings.